The van der Waals surface area contributed by atoms with Gasteiger partial charge in [0.25, 0.3) is 0 Å². The first-order chi connectivity index (χ1) is 13.3. The normalized spacial score (nSPS) is 11.0. The minimum atomic E-state index is 1.16. The number of rotatable bonds is 5. The first-order valence-electron chi connectivity index (χ1n) is 9.02. The molecule has 1 nitrogen and oxygen atoms in total. The fourth-order valence-electron chi connectivity index (χ4n) is 3.12. The largest absolute Gasteiger partial charge is 0.310 e. The minimum Gasteiger partial charge on any atom is -0.310 e. The van der Waals surface area contributed by atoms with E-state index in [2.05, 4.69) is 120 Å². The Morgan fingerprint density at radius 1 is 0.667 bits per heavy atom. The summed E-state index contributed by atoms with van der Waals surface area (Å²) in [5.74, 6) is 0. The summed E-state index contributed by atoms with van der Waals surface area (Å²) in [6.07, 6.45) is 4.31. The van der Waals surface area contributed by atoms with Crippen molar-refractivity contribution in [2.45, 2.75) is 6.92 Å². The number of benzene rings is 3. The van der Waals surface area contributed by atoms with Gasteiger partial charge in [-0.15, -0.1) is 0 Å². The molecule has 1 aromatic heterocycles. The number of nitrogens with zero attached hydrogens (tertiary/aromatic N) is 1. The van der Waals surface area contributed by atoms with Crippen molar-refractivity contribution in [1.82, 2.24) is 0 Å². The first-order valence-corrected chi connectivity index (χ1v) is 9.97. The van der Waals surface area contributed by atoms with Crippen molar-refractivity contribution in [2.75, 3.05) is 4.90 Å². The van der Waals surface area contributed by atoms with Gasteiger partial charge in [-0.25, -0.2) is 0 Å². The Morgan fingerprint density at radius 2 is 1.33 bits per heavy atom. The lowest BCUT2D eigenvalue weighted by Crippen LogP contribution is -2.11. The van der Waals surface area contributed by atoms with Gasteiger partial charge in [0.2, 0.25) is 0 Å². The zero-order valence-corrected chi connectivity index (χ0v) is 16.1. The van der Waals surface area contributed by atoms with E-state index in [0.717, 1.165) is 11.4 Å². The maximum absolute atomic E-state index is 2.31. The number of hydrogen-bond donors (Lipinski definition) is 0. The van der Waals surface area contributed by atoms with Crippen molar-refractivity contribution in [1.29, 1.82) is 0 Å². The number of thiophene rings is 1. The van der Waals surface area contributed by atoms with E-state index in [1.165, 1.54) is 22.4 Å². The number of anilines is 3. The van der Waals surface area contributed by atoms with Crippen LogP contribution in [0.15, 0.2) is 95.7 Å². The highest BCUT2D eigenvalue weighted by Crippen LogP contribution is 2.36. The predicted octanol–water partition coefficient (Wildman–Crippen LogP) is 7.70. The molecular weight excluding hydrogens is 346 g/mol. The van der Waals surface area contributed by atoms with Gasteiger partial charge in [0, 0.05) is 17.1 Å². The second-order valence-corrected chi connectivity index (χ2v) is 7.22. The molecule has 27 heavy (non-hydrogen) atoms. The van der Waals surface area contributed by atoms with E-state index in [4.69, 9.17) is 0 Å². The van der Waals surface area contributed by atoms with Crippen LogP contribution in [0.5, 0.6) is 0 Å². The second kappa shape index (κ2) is 8.07. The van der Waals surface area contributed by atoms with Crippen molar-refractivity contribution < 1.29 is 0 Å². The summed E-state index contributed by atoms with van der Waals surface area (Å²) < 4.78 is 0. The van der Waals surface area contributed by atoms with Crippen LogP contribution in [-0.4, -0.2) is 0 Å². The highest BCUT2D eigenvalue weighted by Gasteiger charge is 2.13. The third-order valence-corrected chi connectivity index (χ3v) is 5.23. The average Bonchev–Trinajstić information content (AvgIpc) is 3.24. The molecule has 0 saturated heterocycles. The molecule has 0 amide bonds. The summed E-state index contributed by atoms with van der Waals surface area (Å²) in [6, 6.07) is 29.9. The van der Waals surface area contributed by atoms with Crippen LogP contribution in [-0.2, 0) is 0 Å². The van der Waals surface area contributed by atoms with Gasteiger partial charge in [-0.1, -0.05) is 60.7 Å². The van der Waals surface area contributed by atoms with E-state index in [-0.39, 0.29) is 0 Å². The molecule has 0 saturated carbocycles. The monoisotopic (exact) mass is 367 g/mol. The van der Waals surface area contributed by atoms with Gasteiger partial charge in [0.05, 0.1) is 0 Å². The van der Waals surface area contributed by atoms with E-state index in [0.29, 0.717) is 0 Å². The molecule has 0 unspecified atom stereocenters. The molecule has 4 aromatic rings. The quantitative estimate of drug-likeness (QED) is 0.349. The van der Waals surface area contributed by atoms with E-state index >= 15 is 0 Å². The van der Waals surface area contributed by atoms with Crippen LogP contribution in [0.4, 0.5) is 17.1 Å². The Balaban J connectivity index is 1.69. The maximum Gasteiger partial charge on any atom is 0.0490 e. The van der Waals surface area contributed by atoms with Gasteiger partial charge in [0.1, 0.15) is 0 Å². The summed E-state index contributed by atoms with van der Waals surface area (Å²) in [5, 5.41) is 4.25. The molecule has 2 heteroatoms. The van der Waals surface area contributed by atoms with Crippen LogP contribution in [0.2, 0.25) is 0 Å². The minimum absolute atomic E-state index is 1.16. The van der Waals surface area contributed by atoms with Crippen LogP contribution in [0.1, 0.15) is 16.7 Å². The molecule has 0 aliphatic heterocycles. The van der Waals surface area contributed by atoms with E-state index in [1.54, 1.807) is 11.3 Å². The molecule has 3 aromatic carbocycles. The molecule has 0 atom stereocenters. The van der Waals surface area contributed by atoms with Crippen LogP contribution >= 0.6 is 11.3 Å². The van der Waals surface area contributed by atoms with Crippen molar-refractivity contribution in [2.24, 2.45) is 0 Å². The van der Waals surface area contributed by atoms with Gasteiger partial charge in [-0.3, -0.25) is 0 Å². The topological polar surface area (TPSA) is 3.24 Å². The highest BCUT2D eigenvalue weighted by molar-refractivity contribution is 7.08. The zero-order valence-electron chi connectivity index (χ0n) is 15.2. The van der Waals surface area contributed by atoms with Gasteiger partial charge in [-0.05, 0) is 70.8 Å². The summed E-state index contributed by atoms with van der Waals surface area (Å²) >= 11 is 1.72. The number of para-hydroxylation sites is 2. The Bertz CT molecular complexity index is 1020. The Labute approximate surface area is 164 Å². The molecule has 0 spiro atoms. The zero-order chi connectivity index (χ0) is 18.5. The molecule has 132 valence electrons. The predicted molar refractivity (Wildman–Crippen MR) is 119 cm³/mol. The molecule has 0 radical (unpaired) electrons. The Kier molecular flexibility index (Phi) is 5.17. The molecular formula is C25H21NS. The Morgan fingerprint density at radius 3 is 2.04 bits per heavy atom. The standard InChI is InChI=1S/C25H21NS/c1-20-7-5-6-10-25(20)26(23-8-3-2-4-9-23)24-15-13-21(14-16-24)11-12-22-17-18-27-19-22/h2-19H,1H3. The van der Waals surface area contributed by atoms with E-state index in [1.807, 2.05) is 0 Å². The lowest BCUT2D eigenvalue weighted by atomic mass is 10.1. The Hall–Kier alpha value is -3.10. The van der Waals surface area contributed by atoms with E-state index in [9.17, 15) is 0 Å². The second-order valence-electron chi connectivity index (χ2n) is 6.44. The molecule has 0 fully saturated rings. The molecule has 0 N–H and O–H groups in total. The van der Waals surface area contributed by atoms with Gasteiger partial charge < -0.3 is 4.90 Å². The number of hydrogen-bond acceptors (Lipinski definition) is 2. The number of aryl methyl sites for hydroxylation is 1. The van der Waals surface area contributed by atoms with Gasteiger partial charge in [0.15, 0.2) is 0 Å². The lowest BCUT2D eigenvalue weighted by molar-refractivity contribution is 1.25. The van der Waals surface area contributed by atoms with Crippen LogP contribution < -0.4 is 4.90 Å². The van der Waals surface area contributed by atoms with Crippen molar-refractivity contribution >= 4 is 40.6 Å². The first kappa shape index (κ1) is 17.3. The molecule has 0 aliphatic rings. The summed E-state index contributed by atoms with van der Waals surface area (Å²) in [5.41, 5.74) is 7.21. The lowest BCUT2D eigenvalue weighted by Gasteiger charge is -2.27. The fourth-order valence-corrected chi connectivity index (χ4v) is 3.74. The van der Waals surface area contributed by atoms with Gasteiger partial charge >= 0.3 is 0 Å². The van der Waals surface area contributed by atoms with Crippen molar-refractivity contribution in [3.05, 3.63) is 112 Å². The summed E-state index contributed by atoms with van der Waals surface area (Å²) in [4.78, 5) is 2.31. The molecule has 0 aliphatic carbocycles. The van der Waals surface area contributed by atoms with Crippen LogP contribution in [0.25, 0.3) is 12.2 Å². The van der Waals surface area contributed by atoms with Crippen molar-refractivity contribution in [3.63, 3.8) is 0 Å². The van der Waals surface area contributed by atoms with Crippen LogP contribution in [0, 0.1) is 6.92 Å². The van der Waals surface area contributed by atoms with E-state index < -0.39 is 0 Å². The molecule has 1 heterocycles. The van der Waals surface area contributed by atoms with Crippen LogP contribution in [0.3, 0.4) is 0 Å². The summed E-state index contributed by atoms with van der Waals surface area (Å²) in [6.45, 7) is 2.16. The highest BCUT2D eigenvalue weighted by atomic mass is 32.1. The summed E-state index contributed by atoms with van der Waals surface area (Å²) in [7, 11) is 0. The third kappa shape index (κ3) is 4.02. The smallest absolute Gasteiger partial charge is 0.0490 e. The SMILES string of the molecule is Cc1ccccc1N(c1ccccc1)c1ccc(C=Cc2ccsc2)cc1. The maximum atomic E-state index is 2.31. The fraction of sp³-hybridized carbons (Fsp3) is 0.0400. The van der Waals surface area contributed by atoms with Gasteiger partial charge in [-0.2, -0.15) is 11.3 Å². The van der Waals surface area contributed by atoms with Crippen molar-refractivity contribution in [3.8, 4) is 0 Å². The average molecular weight is 368 g/mol. The molecule has 4 rings (SSSR count). The third-order valence-electron chi connectivity index (χ3n) is 4.53. The molecule has 0 bridgehead atoms.